The van der Waals surface area contributed by atoms with Crippen LogP contribution in [0.2, 0.25) is 0 Å². The molecule has 0 heterocycles. The van der Waals surface area contributed by atoms with E-state index in [0.29, 0.717) is 12.0 Å². The molecule has 0 aliphatic heterocycles. The Labute approximate surface area is 75.8 Å². The summed E-state index contributed by atoms with van der Waals surface area (Å²) in [6, 6.07) is 0.529. The first-order valence-electron chi connectivity index (χ1n) is 4.20. The molecule has 0 saturated heterocycles. The standard InChI is InChI=1S/C9H19NS/c1-7(2)6-9(11)10(5)8(3)4/h7-8H,6H2,1-5H3. The Kier molecular flexibility index (Phi) is 4.66. The molecule has 0 aliphatic rings. The van der Waals surface area contributed by atoms with E-state index < -0.39 is 0 Å². The van der Waals surface area contributed by atoms with Crippen molar-refractivity contribution >= 4 is 17.2 Å². The SMILES string of the molecule is CC(C)CC(=S)N(C)C(C)C. The summed E-state index contributed by atoms with van der Waals surface area (Å²) in [6.07, 6.45) is 1.03. The molecule has 0 aromatic rings. The Hall–Kier alpha value is -0.110. The van der Waals surface area contributed by atoms with E-state index in [9.17, 15) is 0 Å². The zero-order valence-electron chi connectivity index (χ0n) is 8.22. The van der Waals surface area contributed by atoms with Crippen LogP contribution in [0.25, 0.3) is 0 Å². The minimum absolute atomic E-state index is 0.529. The average Bonchev–Trinajstić information content (AvgIpc) is 1.84. The van der Waals surface area contributed by atoms with Crippen LogP contribution in [0.1, 0.15) is 34.1 Å². The quantitative estimate of drug-likeness (QED) is 0.604. The Morgan fingerprint density at radius 1 is 1.27 bits per heavy atom. The van der Waals surface area contributed by atoms with Crippen molar-refractivity contribution in [3.05, 3.63) is 0 Å². The maximum atomic E-state index is 5.26. The Bertz CT molecular complexity index is 130. The molecule has 0 bridgehead atoms. The van der Waals surface area contributed by atoms with E-state index >= 15 is 0 Å². The highest BCUT2D eigenvalue weighted by Crippen LogP contribution is 2.06. The minimum atomic E-state index is 0.529. The lowest BCUT2D eigenvalue weighted by Gasteiger charge is -2.25. The van der Waals surface area contributed by atoms with E-state index in [0.717, 1.165) is 11.4 Å². The summed E-state index contributed by atoms with van der Waals surface area (Å²) in [4.78, 5) is 3.24. The maximum absolute atomic E-state index is 5.26. The van der Waals surface area contributed by atoms with Crippen molar-refractivity contribution in [2.24, 2.45) is 5.92 Å². The van der Waals surface area contributed by atoms with Crippen molar-refractivity contribution in [2.75, 3.05) is 7.05 Å². The molecule has 0 N–H and O–H groups in total. The number of hydrogen-bond acceptors (Lipinski definition) is 1. The lowest BCUT2D eigenvalue weighted by atomic mass is 10.1. The van der Waals surface area contributed by atoms with Crippen molar-refractivity contribution in [1.29, 1.82) is 0 Å². The molecule has 0 aliphatic carbocycles. The second kappa shape index (κ2) is 4.70. The third kappa shape index (κ3) is 4.35. The van der Waals surface area contributed by atoms with Crippen LogP contribution in [0.3, 0.4) is 0 Å². The number of nitrogens with zero attached hydrogens (tertiary/aromatic N) is 1. The van der Waals surface area contributed by atoms with Crippen LogP contribution in [0, 0.1) is 5.92 Å². The number of thiocarbonyl (C=S) groups is 1. The molecule has 11 heavy (non-hydrogen) atoms. The zero-order valence-corrected chi connectivity index (χ0v) is 9.03. The average molecular weight is 173 g/mol. The molecule has 0 radical (unpaired) electrons. The monoisotopic (exact) mass is 173 g/mol. The zero-order chi connectivity index (χ0) is 9.02. The molecule has 0 amide bonds. The molecular formula is C9H19NS. The van der Waals surface area contributed by atoms with Crippen molar-refractivity contribution in [2.45, 2.75) is 40.2 Å². The second-order valence-electron chi connectivity index (χ2n) is 3.70. The predicted molar refractivity (Wildman–Crippen MR) is 55.0 cm³/mol. The van der Waals surface area contributed by atoms with Crippen LogP contribution < -0.4 is 0 Å². The highest BCUT2D eigenvalue weighted by molar-refractivity contribution is 7.80. The largest absolute Gasteiger partial charge is 0.367 e. The molecular weight excluding hydrogens is 154 g/mol. The first-order valence-corrected chi connectivity index (χ1v) is 4.61. The minimum Gasteiger partial charge on any atom is -0.367 e. The fraction of sp³-hybridized carbons (Fsp3) is 0.889. The summed E-state index contributed by atoms with van der Waals surface area (Å²) >= 11 is 5.26. The molecule has 0 saturated carbocycles. The molecule has 0 aromatic heterocycles. The predicted octanol–water partition coefficient (Wildman–Crippen LogP) is 2.70. The van der Waals surface area contributed by atoms with E-state index in [-0.39, 0.29) is 0 Å². The molecule has 0 aromatic carbocycles. The summed E-state index contributed by atoms with van der Waals surface area (Å²) in [6.45, 7) is 8.71. The fourth-order valence-corrected chi connectivity index (χ4v) is 1.33. The molecule has 2 heteroatoms. The van der Waals surface area contributed by atoms with Crippen LogP contribution in [-0.2, 0) is 0 Å². The molecule has 0 unspecified atom stereocenters. The van der Waals surface area contributed by atoms with E-state index in [2.05, 4.69) is 39.6 Å². The van der Waals surface area contributed by atoms with Gasteiger partial charge in [0.05, 0.1) is 4.99 Å². The van der Waals surface area contributed by atoms with Gasteiger partial charge in [0.2, 0.25) is 0 Å². The Morgan fingerprint density at radius 3 is 2.00 bits per heavy atom. The van der Waals surface area contributed by atoms with Gasteiger partial charge in [-0.3, -0.25) is 0 Å². The van der Waals surface area contributed by atoms with Gasteiger partial charge in [0.1, 0.15) is 0 Å². The van der Waals surface area contributed by atoms with Crippen LogP contribution in [-0.4, -0.2) is 23.0 Å². The highest BCUT2D eigenvalue weighted by atomic mass is 32.1. The van der Waals surface area contributed by atoms with E-state index in [1.165, 1.54) is 0 Å². The Morgan fingerprint density at radius 2 is 1.73 bits per heavy atom. The van der Waals surface area contributed by atoms with Gasteiger partial charge >= 0.3 is 0 Å². The van der Waals surface area contributed by atoms with Gasteiger partial charge in [0.25, 0.3) is 0 Å². The van der Waals surface area contributed by atoms with Gasteiger partial charge in [0.15, 0.2) is 0 Å². The Balaban J connectivity index is 3.83. The number of hydrogen-bond donors (Lipinski definition) is 0. The third-order valence-electron chi connectivity index (χ3n) is 1.75. The normalized spacial score (nSPS) is 10.8. The number of rotatable bonds is 3. The maximum Gasteiger partial charge on any atom is 0.0781 e. The van der Waals surface area contributed by atoms with Crippen molar-refractivity contribution in [1.82, 2.24) is 4.90 Å². The second-order valence-corrected chi connectivity index (χ2v) is 4.17. The van der Waals surface area contributed by atoms with Crippen molar-refractivity contribution in [3.63, 3.8) is 0 Å². The summed E-state index contributed by atoms with van der Waals surface area (Å²) in [5, 5.41) is 0. The first-order chi connectivity index (χ1) is 4.95. The third-order valence-corrected chi connectivity index (χ3v) is 2.21. The smallest absolute Gasteiger partial charge is 0.0781 e. The summed E-state index contributed by atoms with van der Waals surface area (Å²) < 4.78 is 0. The van der Waals surface area contributed by atoms with Crippen LogP contribution in [0.5, 0.6) is 0 Å². The summed E-state index contributed by atoms with van der Waals surface area (Å²) in [5.74, 6) is 0.670. The first kappa shape index (κ1) is 10.9. The van der Waals surface area contributed by atoms with Crippen molar-refractivity contribution < 1.29 is 0 Å². The molecule has 1 nitrogen and oxygen atoms in total. The van der Waals surface area contributed by atoms with Gasteiger partial charge in [-0.15, -0.1) is 0 Å². The van der Waals surface area contributed by atoms with Gasteiger partial charge < -0.3 is 4.90 Å². The van der Waals surface area contributed by atoms with Crippen LogP contribution in [0.15, 0.2) is 0 Å². The van der Waals surface area contributed by atoms with E-state index in [1.54, 1.807) is 0 Å². The molecule has 0 spiro atoms. The van der Waals surface area contributed by atoms with Gasteiger partial charge in [-0.25, -0.2) is 0 Å². The molecule has 66 valence electrons. The lowest BCUT2D eigenvalue weighted by Crippen LogP contribution is -2.32. The van der Waals surface area contributed by atoms with Crippen molar-refractivity contribution in [3.8, 4) is 0 Å². The van der Waals surface area contributed by atoms with Gasteiger partial charge in [-0.1, -0.05) is 26.1 Å². The van der Waals surface area contributed by atoms with Gasteiger partial charge in [-0.2, -0.15) is 0 Å². The van der Waals surface area contributed by atoms with Crippen LogP contribution >= 0.6 is 12.2 Å². The molecule has 0 atom stereocenters. The summed E-state index contributed by atoms with van der Waals surface area (Å²) in [5.41, 5.74) is 0. The van der Waals surface area contributed by atoms with Gasteiger partial charge in [-0.05, 0) is 19.8 Å². The lowest BCUT2D eigenvalue weighted by molar-refractivity contribution is 0.410. The van der Waals surface area contributed by atoms with E-state index in [1.807, 2.05) is 0 Å². The molecule has 0 rings (SSSR count). The fourth-order valence-electron chi connectivity index (χ4n) is 0.781. The molecule has 0 fully saturated rings. The van der Waals surface area contributed by atoms with Crippen LogP contribution in [0.4, 0.5) is 0 Å². The van der Waals surface area contributed by atoms with Gasteiger partial charge in [0, 0.05) is 19.5 Å². The van der Waals surface area contributed by atoms with E-state index in [4.69, 9.17) is 12.2 Å². The summed E-state index contributed by atoms with van der Waals surface area (Å²) in [7, 11) is 2.06. The topological polar surface area (TPSA) is 3.24 Å². The highest BCUT2D eigenvalue weighted by Gasteiger charge is 2.08.